The van der Waals surface area contributed by atoms with E-state index in [9.17, 15) is 4.79 Å². The van der Waals surface area contributed by atoms with E-state index in [4.69, 9.17) is 21.4 Å². The number of benzene rings is 1. The molecule has 1 N–H and O–H groups in total. The Bertz CT molecular complexity index is 647. The van der Waals surface area contributed by atoms with Crippen LogP contribution in [0.15, 0.2) is 24.3 Å². The zero-order valence-electron chi connectivity index (χ0n) is 10.9. The van der Waals surface area contributed by atoms with Crippen LogP contribution >= 0.6 is 11.6 Å². The van der Waals surface area contributed by atoms with Gasteiger partial charge in [0.05, 0.1) is 5.52 Å². The van der Waals surface area contributed by atoms with Crippen molar-refractivity contribution in [3.8, 4) is 5.75 Å². The van der Waals surface area contributed by atoms with Gasteiger partial charge < -0.3 is 9.84 Å². The number of carboxylic acid groups (broad SMARTS) is 1. The van der Waals surface area contributed by atoms with Crippen molar-refractivity contribution in [3.05, 3.63) is 35.0 Å². The summed E-state index contributed by atoms with van der Waals surface area (Å²) in [7, 11) is 0. The minimum absolute atomic E-state index is 0.272. The Labute approximate surface area is 116 Å². The quantitative estimate of drug-likeness (QED) is 0.875. The molecule has 2 rings (SSSR count). The van der Waals surface area contributed by atoms with E-state index in [0.29, 0.717) is 11.3 Å². The first kappa shape index (κ1) is 13.6. The third-order valence-electron chi connectivity index (χ3n) is 2.78. The Morgan fingerprint density at radius 2 is 2.05 bits per heavy atom. The molecule has 0 bridgehead atoms. The molecule has 0 aliphatic rings. The summed E-state index contributed by atoms with van der Waals surface area (Å²) in [5.74, 6) is -0.622. The van der Waals surface area contributed by atoms with Gasteiger partial charge in [-0.05, 0) is 38.5 Å². The number of ether oxygens (including phenoxy) is 1. The summed E-state index contributed by atoms with van der Waals surface area (Å²) in [4.78, 5) is 15.3. The number of aliphatic carboxylic acids is 1. The molecule has 19 heavy (non-hydrogen) atoms. The van der Waals surface area contributed by atoms with Crippen molar-refractivity contribution in [1.82, 2.24) is 4.98 Å². The van der Waals surface area contributed by atoms with E-state index in [-0.39, 0.29) is 5.15 Å². The zero-order chi connectivity index (χ0) is 14.2. The summed E-state index contributed by atoms with van der Waals surface area (Å²) in [5.41, 5.74) is 0.400. The Kier molecular flexibility index (Phi) is 3.37. The fraction of sp³-hybridized carbons (Fsp3) is 0.286. The van der Waals surface area contributed by atoms with Gasteiger partial charge in [-0.15, -0.1) is 0 Å². The van der Waals surface area contributed by atoms with Crippen molar-refractivity contribution in [2.75, 3.05) is 0 Å². The third kappa shape index (κ3) is 2.79. The minimum atomic E-state index is -1.33. The van der Waals surface area contributed by atoms with Crippen molar-refractivity contribution in [3.63, 3.8) is 0 Å². The molecule has 4 nitrogen and oxygen atoms in total. The van der Waals surface area contributed by atoms with Crippen LogP contribution in [-0.2, 0) is 4.79 Å². The van der Waals surface area contributed by atoms with Crippen LogP contribution in [-0.4, -0.2) is 21.7 Å². The highest BCUT2D eigenvalue weighted by atomic mass is 35.5. The van der Waals surface area contributed by atoms with Gasteiger partial charge in [0.15, 0.2) is 5.60 Å². The number of aromatic nitrogens is 1. The molecule has 0 spiro atoms. The smallest absolute Gasteiger partial charge is 0.347 e. The maximum Gasteiger partial charge on any atom is 0.347 e. The topological polar surface area (TPSA) is 59.4 Å². The number of carbonyl (C=O) groups is 1. The predicted octanol–water partition coefficient (Wildman–Crippen LogP) is 3.44. The molecule has 2 aromatic rings. The second kappa shape index (κ2) is 4.70. The lowest BCUT2D eigenvalue weighted by Crippen LogP contribution is -2.37. The molecule has 1 aromatic heterocycles. The molecular weight excluding hydrogens is 266 g/mol. The van der Waals surface area contributed by atoms with Crippen LogP contribution in [0.5, 0.6) is 5.75 Å². The van der Waals surface area contributed by atoms with Crippen LogP contribution in [0.25, 0.3) is 10.9 Å². The maximum atomic E-state index is 11.1. The first-order chi connectivity index (χ1) is 8.79. The van der Waals surface area contributed by atoms with Crippen molar-refractivity contribution in [2.45, 2.75) is 26.4 Å². The van der Waals surface area contributed by atoms with E-state index >= 15 is 0 Å². The number of nitrogens with zero attached hydrogens (tertiary/aromatic N) is 1. The van der Waals surface area contributed by atoms with Gasteiger partial charge in [-0.1, -0.05) is 17.7 Å². The third-order valence-corrected chi connectivity index (χ3v) is 2.97. The maximum absolute atomic E-state index is 11.1. The van der Waals surface area contributed by atoms with E-state index in [1.165, 1.54) is 19.9 Å². The van der Waals surface area contributed by atoms with E-state index in [1.807, 2.05) is 25.1 Å². The first-order valence-electron chi connectivity index (χ1n) is 5.79. The Hall–Kier alpha value is -1.81. The van der Waals surface area contributed by atoms with E-state index < -0.39 is 11.6 Å². The average Bonchev–Trinajstić information content (AvgIpc) is 2.27. The number of hydrogen-bond donors (Lipinski definition) is 1. The number of fused-ring (bicyclic) bond motifs is 1. The molecule has 0 aliphatic heterocycles. The van der Waals surface area contributed by atoms with Crippen molar-refractivity contribution in [1.29, 1.82) is 0 Å². The molecular formula is C14H14ClNO3. The summed E-state index contributed by atoms with van der Waals surface area (Å²) < 4.78 is 5.57. The number of aryl methyl sites for hydroxylation is 1. The van der Waals surface area contributed by atoms with Crippen LogP contribution in [0.3, 0.4) is 0 Å². The van der Waals surface area contributed by atoms with E-state index in [0.717, 1.165) is 10.9 Å². The standard InChI is InChI=1S/C14H14ClNO3/c1-8-4-5-9-10(6-8)16-12(15)7-11(9)19-14(2,3)13(17)18/h4-7H,1-3H3,(H,17,18). The summed E-state index contributed by atoms with van der Waals surface area (Å²) in [6, 6.07) is 7.17. The molecule has 100 valence electrons. The van der Waals surface area contributed by atoms with E-state index in [1.54, 1.807) is 0 Å². The van der Waals surface area contributed by atoms with Crippen LogP contribution in [0.1, 0.15) is 19.4 Å². The summed E-state index contributed by atoms with van der Waals surface area (Å²) in [6.45, 7) is 4.93. The minimum Gasteiger partial charge on any atom is -0.478 e. The predicted molar refractivity (Wildman–Crippen MR) is 73.8 cm³/mol. The molecule has 0 saturated carbocycles. The Morgan fingerprint density at radius 1 is 1.37 bits per heavy atom. The second-order valence-corrected chi connectivity index (χ2v) is 5.27. The molecule has 0 atom stereocenters. The molecule has 1 aromatic carbocycles. The van der Waals surface area contributed by atoms with Gasteiger partial charge in [0.2, 0.25) is 0 Å². The monoisotopic (exact) mass is 279 g/mol. The van der Waals surface area contributed by atoms with Gasteiger partial charge in [0.25, 0.3) is 0 Å². The van der Waals surface area contributed by atoms with Gasteiger partial charge in [0, 0.05) is 11.5 Å². The highest BCUT2D eigenvalue weighted by Gasteiger charge is 2.30. The number of carboxylic acids is 1. The molecule has 0 aliphatic carbocycles. The van der Waals surface area contributed by atoms with Crippen molar-refractivity contribution < 1.29 is 14.6 Å². The molecule has 0 saturated heterocycles. The zero-order valence-corrected chi connectivity index (χ0v) is 11.7. The van der Waals surface area contributed by atoms with Crippen LogP contribution in [0.4, 0.5) is 0 Å². The average molecular weight is 280 g/mol. The number of hydrogen-bond acceptors (Lipinski definition) is 3. The highest BCUT2D eigenvalue weighted by Crippen LogP contribution is 2.30. The van der Waals surface area contributed by atoms with Gasteiger partial charge in [-0.25, -0.2) is 9.78 Å². The fourth-order valence-corrected chi connectivity index (χ4v) is 1.87. The highest BCUT2D eigenvalue weighted by molar-refractivity contribution is 6.30. The summed E-state index contributed by atoms with van der Waals surface area (Å²) >= 11 is 5.95. The van der Waals surface area contributed by atoms with E-state index in [2.05, 4.69) is 4.98 Å². The van der Waals surface area contributed by atoms with Gasteiger partial charge in [0.1, 0.15) is 10.9 Å². The number of halogens is 1. The van der Waals surface area contributed by atoms with Gasteiger partial charge in [-0.2, -0.15) is 0 Å². The fourth-order valence-electron chi connectivity index (χ4n) is 1.68. The van der Waals surface area contributed by atoms with Crippen molar-refractivity contribution in [2.24, 2.45) is 0 Å². The molecule has 0 amide bonds. The second-order valence-electron chi connectivity index (χ2n) is 4.88. The summed E-state index contributed by atoms with van der Waals surface area (Å²) in [6.07, 6.45) is 0. The SMILES string of the molecule is Cc1ccc2c(OC(C)(C)C(=O)O)cc(Cl)nc2c1. The molecule has 0 radical (unpaired) electrons. The number of rotatable bonds is 3. The largest absolute Gasteiger partial charge is 0.478 e. The Morgan fingerprint density at radius 3 is 2.68 bits per heavy atom. The molecule has 1 heterocycles. The van der Waals surface area contributed by atoms with Crippen LogP contribution < -0.4 is 4.74 Å². The molecule has 0 unspecified atom stereocenters. The lowest BCUT2D eigenvalue weighted by molar-refractivity contribution is -0.152. The molecule has 0 fully saturated rings. The Balaban J connectivity index is 2.57. The first-order valence-corrected chi connectivity index (χ1v) is 6.17. The van der Waals surface area contributed by atoms with Crippen LogP contribution in [0.2, 0.25) is 5.15 Å². The normalized spacial score (nSPS) is 11.6. The summed E-state index contributed by atoms with van der Waals surface area (Å²) in [5, 5.41) is 10.1. The van der Waals surface area contributed by atoms with Crippen LogP contribution in [0, 0.1) is 6.92 Å². The lowest BCUT2D eigenvalue weighted by Gasteiger charge is -2.22. The lowest BCUT2D eigenvalue weighted by atomic mass is 10.1. The van der Waals surface area contributed by atoms with Gasteiger partial charge in [-0.3, -0.25) is 0 Å². The number of pyridine rings is 1. The molecule has 5 heteroatoms. The van der Waals surface area contributed by atoms with Crippen molar-refractivity contribution >= 4 is 28.5 Å². The van der Waals surface area contributed by atoms with Gasteiger partial charge >= 0.3 is 5.97 Å².